The molecule has 1 saturated carbocycles. The van der Waals surface area contributed by atoms with Crippen molar-refractivity contribution in [1.29, 1.82) is 0 Å². The molecule has 1 fully saturated rings. The highest BCUT2D eigenvalue weighted by Gasteiger charge is 2.42. The molecule has 1 heterocycles. The minimum atomic E-state index is -0.0357. The van der Waals surface area contributed by atoms with Gasteiger partial charge in [-0.05, 0) is 43.0 Å². The van der Waals surface area contributed by atoms with Crippen molar-refractivity contribution in [3.8, 4) is 0 Å². The fraction of sp³-hybridized carbons (Fsp3) is 0.533. The molecular weight excluding hydrogens is 240 g/mol. The molecule has 0 spiro atoms. The van der Waals surface area contributed by atoms with E-state index in [1.54, 1.807) is 0 Å². The first kappa shape index (κ1) is 12.6. The van der Waals surface area contributed by atoms with E-state index in [-0.39, 0.29) is 17.9 Å². The summed E-state index contributed by atoms with van der Waals surface area (Å²) in [6.07, 6.45) is 2.94. The lowest BCUT2D eigenvalue weighted by Crippen LogP contribution is -2.34. The van der Waals surface area contributed by atoms with Gasteiger partial charge in [-0.25, -0.2) is 0 Å². The average Bonchev–Trinajstić information content (AvgIpc) is 3.25. The van der Waals surface area contributed by atoms with E-state index in [1.807, 2.05) is 12.1 Å². The number of fused-ring (bicyclic) bond motifs is 1. The van der Waals surface area contributed by atoms with Gasteiger partial charge in [0.05, 0.1) is 6.61 Å². The van der Waals surface area contributed by atoms with Crippen LogP contribution in [0.5, 0.6) is 0 Å². The Balaban J connectivity index is 1.73. The molecule has 1 aliphatic heterocycles. The van der Waals surface area contributed by atoms with Gasteiger partial charge in [-0.2, -0.15) is 0 Å². The van der Waals surface area contributed by atoms with Gasteiger partial charge in [0.15, 0.2) is 0 Å². The van der Waals surface area contributed by atoms with E-state index in [0.29, 0.717) is 6.54 Å². The zero-order valence-corrected chi connectivity index (χ0v) is 11.0. The molecule has 4 heteroatoms. The van der Waals surface area contributed by atoms with Crippen LogP contribution in [0.3, 0.4) is 0 Å². The van der Waals surface area contributed by atoms with Gasteiger partial charge in [-0.3, -0.25) is 4.79 Å². The Kier molecular flexibility index (Phi) is 3.29. The van der Waals surface area contributed by atoms with Gasteiger partial charge in [0.1, 0.15) is 0 Å². The molecule has 2 aliphatic rings. The highest BCUT2D eigenvalue weighted by Crippen LogP contribution is 2.44. The smallest absolute Gasteiger partial charge is 0.251 e. The Bertz CT molecular complexity index is 495. The highest BCUT2D eigenvalue weighted by molar-refractivity contribution is 5.96. The third kappa shape index (κ3) is 2.51. The monoisotopic (exact) mass is 260 g/mol. The van der Waals surface area contributed by atoms with Crippen LogP contribution >= 0.6 is 0 Å². The SMILES string of the molecule is O=C(NCC1(CO)CC1)c1cccc2c1CCNC2. The topological polar surface area (TPSA) is 61.4 Å². The molecule has 0 unspecified atom stereocenters. The predicted molar refractivity (Wildman–Crippen MR) is 72.9 cm³/mol. The van der Waals surface area contributed by atoms with Crippen LogP contribution in [0.2, 0.25) is 0 Å². The van der Waals surface area contributed by atoms with Crippen LogP contribution in [-0.2, 0) is 13.0 Å². The molecule has 0 bridgehead atoms. The van der Waals surface area contributed by atoms with E-state index in [9.17, 15) is 9.90 Å². The molecule has 0 saturated heterocycles. The number of aliphatic hydroxyl groups excluding tert-OH is 1. The number of rotatable bonds is 4. The van der Waals surface area contributed by atoms with Crippen LogP contribution in [0.1, 0.15) is 34.3 Å². The number of hydrogen-bond donors (Lipinski definition) is 3. The maximum atomic E-state index is 12.3. The zero-order valence-electron chi connectivity index (χ0n) is 11.0. The minimum absolute atomic E-state index is 0.00141. The summed E-state index contributed by atoms with van der Waals surface area (Å²) in [6.45, 7) is 2.53. The van der Waals surface area contributed by atoms with E-state index in [2.05, 4.69) is 16.7 Å². The number of carbonyl (C=O) groups is 1. The summed E-state index contributed by atoms with van der Waals surface area (Å²) in [4.78, 5) is 12.3. The van der Waals surface area contributed by atoms with Crippen molar-refractivity contribution in [2.24, 2.45) is 5.41 Å². The van der Waals surface area contributed by atoms with Gasteiger partial charge < -0.3 is 15.7 Å². The Morgan fingerprint density at radius 2 is 2.26 bits per heavy atom. The van der Waals surface area contributed by atoms with Crippen molar-refractivity contribution in [3.05, 3.63) is 34.9 Å². The molecule has 4 nitrogen and oxygen atoms in total. The lowest BCUT2D eigenvalue weighted by Gasteiger charge is -2.20. The van der Waals surface area contributed by atoms with Crippen LogP contribution in [0.15, 0.2) is 18.2 Å². The third-order valence-electron chi connectivity index (χ3n) is 4.30. The van der Waals surface area contributed by atoms with Gasteiger partial charge in [0.2, 0.25) is 0 Å². The standard InChI is InChI=1S/C15H20N2O2/c18-10-15(5-6-15)9-17-14(19)13-3-1-2-11-8-16-7-4-12(11)13/h1-3,16,18H,4-10H2,(H,17,19). The molecule has 102 valence electrons. The van der Waals surface area contributed by atoms with Crippen molar-refractivity contribution < 1.29 is 9.90 Å². The Morgan fingerprint density at radius 1 is 1.42 bits per heavy atom. The lowest BCUT2D eigenvalue weighted by molar-refractivity contribution is 0.0934. The van der Waals surface area contributed by atoms with Crippen LogP contribution in [0.25, 0.3) is 0 Å². The summed E-state index contributed by atoms with van der Waals surface area (Å²) in [5.41, 5.74) is 3.16. The molecule has 0 aromatic heterocycles. The number of carbonyl (C=O) groups excluding carboxylic acids is 1. The van der Waals surface area contributed by atoms with Gasteiger partial charge in [0.25, 0.3) is 5.91 Å². The lowest BCUT2D eigenvalue weighted by atomic mass is 9.95. The van der Waals surface area contributed by atoms with Gasteiger partial charge in [-0.1, -0.05) is 12.1 Å². The maximum Gasteiger partial charge on any atom is 0.251 e. The summed E-state index contributed by atoms with van der Waals surface area (Å²) in [7, 11) is 0. The van der Waals surface area contributed by atoms with Crippen molar-refractivity contribution in [1.82, 2.24) is 10.6 Å². The van der Waals surface area contributed by atoms with E-state index < -0.39 is 0 Å². The van der Waals surface area contributed by atoms with E-state index in [1.165, 1.54) is 11.1 Å². The van der Waals surface area contributed by atoms with Crippen LogP contribution in [0, 0.1) is 5.41 Å². The molecule has 0 atom stereocenters. The first-order valence-corrected chi connectivity index (χ1v) is 6.95. The molecule has 1 aromatic rings. The highest BCUT2D eigenvalue weighted by atomic mass is 16.3. The zero-order chi connectivity index (χ0) is 13.3. The summed E-state index contributed by atoms with van der Waals surface area (Å²) in [5.74, 6) is -0.00141. The summed E-state index contributed by atoms with van der Waals surface area (Å²) in [6, 6.07) is 5.92. The summed E-state index contributed by atoms with van der Waals surface area (Å²) in [5, 5.41) is 15.6. The minimum Gasteiger partial charge on any atom is -0.396 e. The Morgan fingerprint density at radius 3 is 3.00 bits per heavy atom. The Hall–Kier alpha value is -1.39. The third-order valence-corrected chi connectivity index (χ3v) is 4.30. The van der Waals surface area contributed by atoms with Crippen LogP contribution in [0.4, 0.5) is 0 Å². The van der Waals surface area contributed by atoms with Crippen LogP contribution in [-0.4, -0.2) is 30.7 Å². The predicted octanol–water partition coefficient (Wildman–Crippen LogP) is 0.835. The number of benzene rings is 1. The number of nitrogens with one attached hydrogen (secondary N) is 2. The fourth-order valence-corrected chi connectivity index (χ4v) is 2.68. The number of hydrogen-bond acceptors (Lipinski definition) is 3. The van der Waals surface area contributed by atoms with Crippen molar-refractivity contribution >= 4 is 5.91 Å². The molecule has 19 heavy (non-hydrogen) atoms. The number of aliphatic hydroxyl groups is 1. The summed E-state index contributed by atoms with van der Waals surface area (Å²) >= 11 is 0. The average molecular weight is 260 g/mol. The normalized spacial score (nSPS) is 19.6. The van der Waals surface area contributed by atoms with E-state index in [0.717, 1.165) is 37.9 Å². The second-order valence-corrected chi connectivity index (χ2v) is 5.71. The summed E-state index contributed by atoms with van der Waals surface area (Å²) < 4.78 is 0. The van der Waals surface area contributed by atoms with Gasteiger partial charge in [-0.15, -0.1) is 0 Å². The quantitative estimate of drug-likeness (QED) is 0.751. The molecule has 1 amide bonds. The van der Waals surface area contributed by atoms with Crippen molar-refractivity contribution in [3.63, 3.8) is 0 Å². The molecule has 3 rings (SSSR count). The second-order valence-electron chi connectivity index (χ2n) is 5.71. The van der Waals surface area contributed by atoms with Gasteiger partial charge in [0, 0.05) is 24.1 Å². The van der Waals surface area contributed by atoms with Crippen molar-refractivity contribution in [2.75, 3.05) is 19.7 Å². The largest absolute Gasteiger partial charge is 0.396 e. The number of amides is 1. The first-order chi connectivity index (χ1) is 9.24. The molecule has 1 aromatic carbocycles. The molecular formula is C15H20N2O2. The van der Waals surface area contributed by atoms with E-state index >= 15 is 0 Å². The first-order valence-electron chi connectivity index (χ1n) is 6.95. The van der Waals surface area contributed by atoms with E-state index in [4.69, 9.17) is 0 Å². The fourth-order valence-electron chi connectivity index (χ4n) is 2.68. The molecule has 3 N–H and O–H groups in total. The van der Waals surface area contributed by atoms with Crippen LogP contribution < -0.4 is 10.6 Å². The molecule has 0 radical (unpaired) electrons. The second kappa shape index (κ2) is 4.94. The molecule has 1 aliphatic carbocycles. The van der Waals surface area contributed by atoms with Gasteiger partial charge >= 0.3 is 0 Å². The Labute approximate surface area is 113 Å². The van der Waals surface area contributed by atoms with Crippen molar-refractivity contribution in [2.45, 2.75) is 25.8 Å². The maximum absolute atomic E-state index is 12.3.